The number of rotatable bonds is 8. The van der Waals surface area contributed by atoms with Crippen LogP contribution in [0.25, 0.3) is 0 Å². The number of nitrogens with zero attached hydrogens (tertiary/aromatic N) is 1. The van der Waals surface area contributed by atoms with E-state index in [9.17, 15) is 4.79 Å². The number of hydrogen-bond donors (Lipinski definition) is 1. The molecule has 162 valence electrons. The minimum absolute atomic E-state index is 0.0476. The summed E-state index contributed by atoms with van der Waals surface area (Å²) >= 11 is 0. The van der Waals surface area contributed by atoms with Crippen molar-refractivity contribution in [3.05, 3.63) is 59.7 Å². The highest BCUT2D eigenvalue weighted by atomic mass is 16.7. The molecule has 0 aromatic heterocycles. The van der Waals surface area contributed by atoms with E-state index < -0.39 is 6.16 Å². The molecule has 0 amide bonds. The SMILES string of the molecule is CCOC(=O)OC1CN(C)CC1NC(c1ccc(OC)cc1)c1ccc(OC)cc1. The van der Waals surface area contributed by atoms with Crippen LogP contribution in [0, 0.1) is 0 Å². The highest BCUT2D eigenvalue weighted by molar-refractivity contribution is 5.60. The lowest BCUT2D eigenvalue weighted by molar-refractivity contribution is 0.0219. The minimum atomic E-state index is -0.630. The highest BCUT2D eigenvalue weighted by Crippen LogP contribution is 2.28. The fourth-order valence-corrected chi connectivity index (χ4v) is 3.71. The first-order valence-electron chi connectivity index (χ1n) is 10.1. The lowest BCUT2D eigenvalue weighted by Gasteiger charge is -2.27. The van der Waals surface area contributed by atoms with Crippen molar-refractivity contribution in [2.45, 2.75) is 25.1 Å². The lowest BCUT2D eigenvalue weighted by atomic mass is 9.97. The molecule has 2 atom stereocenters. The van der Waals surface area contributed by atoms with Crippen LogP contribution in [0.15, 0.2) is 48.5 Å². The van der Waals surface area contributed by atoms with E-state index in [1.165, 1.54) is 0 Å². The molecule has 7 heteroatoms. The number of nitrogens with one attached hydrogen (secondary N) is 1. The summed E-state index contributed by atoms with van der Waals surface area (Å²) in [5, 5.41) is 3.70. The fraction of sp³-hybridized carbons (Fsp3) is 0.435. The van der Waals surface area contributed by atoms with Crippen LogP contribution in [0.2, 0.25) is 0 Å². The molecule has 30 heavy (non-hydrogen) atoms. The standard InChI is InChI=1S/C23H30N2O5/c1-5-29-23(26)30-21-15-25(2)14-20(21)24-22(16-6-10-18(27-3)11-7-16)17-8-12-19(28-4)13-9-17/h6-13,20-22,24H,5,14-15H2,1-4H3. The Morgan fingerprint density at radius 2 is 1.53 bits per heavy atom. The van der Waals surface area contributed by atoms with Gasteiger partial charge in [0, 0.05) is 13.1 Å². The van der Waals surface area contributed by atoms with Crippen molar-refractivity contribution in [2.24, 2.45) is 0 Å². The predicted molar refractivity (Wildman–Crippen MR) is 114 cm³/mol. The quantitative estimate of drug-likeness (QED) is 0.665. The van der Waals surface area contributed by atoms with Crippen molar-refractivity contribution in [1.82, 2.24) is 10.2 Å². The fourth-order valence-electron chi connectivity index (χ4n) is 3.71. The number of hydrogen-bond acceptors (Lipinski definition) is 7. The highest BCUT2D eigenvalue weighted by Gasteiger charge is 2.36. The number of carbonyl (C=O) groups excluding carboxylic acids is 1. The molecule has 0 saturated carbocycles. The Hall–Kier alpha value is -2.77. The summed E-state index contributed by atoms with van der Waals surface area (Å²) in [5.74, 6) is 1.60. The molecular weight excluding hydrogens is 384 g/mol. The van der Waals surface area contributed by atoms with E-state index in [1.807, 2.05) is 55.6 Å². The van der Waals surface area contributed by atoms with Crippen LogP contribution in [0.4, 0.5) is 4.79 Å². The molecule has 3 rings (SSSR count). The second kappa shape index (κ2) is 10.3. The van der Waals surface area contributed by atoms with Gasteiger partial charge in [-0.05, 0) is 49.4 Å². The van der Waals surface area contributed by atoms with Crippen molar-refractivity contribution in [3.63, 3.8) is 0 Å². The summed E-state index contributed by atoms with van der Waals surface area (Å²) < 4.78 is 21.2. The van der Waals surface area contributed by atoms with Crippen LogP contribution < -0.4 is 14.8 Å². The Kier molecular flexibility index (Phi) is 7.54. The van der Waals surface area contributed by atoms with E-state index in [-0.39, 0.29) is 18.2 Å². The van der Waals surface area contributed by atoms with E-state index in [2.05, 4.69) is 10.2 Å². The number of benzene rings is 2. The van der Waals surface area contributed by atoms with E-state index in [0.29, 0.717) is 13.2 Å². The summed E-state index contributed by atoms with van der Waals surface area (Å²) in [6.45, 7) is 3.46. The van der Waals surface area contributed by atoms with Crippen LogP contribution in [0.1, 0.15) is 24.1 Å². The van der Waals surface area contributed by atoms with Gasteiger partial charge in [-0.25, -0.2) is 4.79 Å². The molecular formula is C23H30N2O5. The first kappa shape index (κ1) is 21.9. The van der Waals surface area contributed by atoms with Gasteiger partial charge in [-0.15, -0.1) is 0 Å². The van der Waals surface area contributed by atoms with Gasteiger partial charge >= 0.3 is 6.16 Å². The molecule has 1 fully saturated rings. The molecule has 2 aromatic rings. The Labute approximate surface area is 177 Å². The maximum absolute atomic E-state index is 11.9. The molecule has 0 bridgehead atoms. The van der Waals surface area contributed by atoms with Crippen molar-refractivity contribution in [3.8, 4) is 11.5 Å². The van der Waals surface area contributed by atoms with Crippen molar-refractivity contribution in [1.29, 1.82) is 0 Å². The topological polar surface area (TPSA) is 69.3 Å². The maximum atomic E-state index is 11.9. The van der Waals surface area contributed by atoms with Gasteiger partial charge in [0.1, 0.15) is 17.6 Å². The second-order valence-corrected chi connectivity index (χ2v) is 7.31. The molecule has 1 aliphatic rings. The minimum Gasteiger partial charge on any atom is -0.497 e. The molecule has 1 heterocycles. The Morgan fingerprint density at radius 1 is 1.00 bits per heavy atom. The van der Waals surface area contributed by atoms with Crippen molar-refractivity contribution < 1.29 is 23.7 Å². The van der Waals surface area contributed by atoms with Crippen LogP contribution in [-0.4, -0.2) is 64.2 Å². The van der Waals surface area contributed by atoms with Crippen molar-refractivity contribution >= 4 is 6.16 Å². The zero-order chi connectivity index (χ0) is 21.5. The number of carbonyl (C=O) groups is 1. The summed E-state index contributed by atoms with van der Waals surface area (Å²) in [4.78, 5) is 14.0. The third-order valence-corrected chi connectivity index (χ3v) is 5.24. The van der Waals surface area contributed by atoms with Crippen molar-refractivity contribution in [2.75, 3.05) is 41.0 Å². The monoisotopic (exact) mass is 414 g/mol. The largest absolute Gasteiger partial charge is 0.508 e. The molecule has 7 nitrogen and oxygen atoms in total. The molecule has 1 saturated heterocycles. The predicted octanol–water partition coefficient (Wildman–Crippen LogP) is 3.24. The molecule has 0 spiro atoms. The summed E-state index contributed by atoms with van der Waals surface area (Å²) in [6, 6.07) is 15.8. The maximum Gasteiger partial charge on any atom is 0.508 e. The Morgan fingerprint density at radius 3 is 2.00 bits per heavy atom. The molecule has 1 aliphatic heterocycles. The second-order valence-electron chi connectivity index (χ2n) is 7.31. The average Bonchev–Trinajstić information content (AvgIpc) is 3.11. The zero-order valence-electron chi connectivity index (χ0n) is 18.0. The zero-order valence-corrected chi connectivity index (χ0v) is 18.0. The number of likely N-dealkylation sites (N-methyl/N-ethyl adjacent to an activating group) is 1. The van der Waals surface area contributed by atoms with Gasteiger partial charge in [-0.2, -0.15) is 0 Å². The van der Waals surface area contributed by atoms with Gasteiger partial charge in [0.2, 0.25) is 0 Å². The van der Waals surface area contributed by atoms with E-state index in [0.717, 1.165) is 29.2 Å². The van der Waals surface area contributed by atoms with Gasteiger partial charge < -0.3 is 23.8 Å². The summed E-state index contributed by atoms with van der Waals surface area (Å²) in [7, 11) is 5.32. The third kappa shape index (κ3) is 5.43. The van der Waals surface area contributed by atoms with E-state index >= 15 is 0 Å². The Bertz CT molecular complexity index is 762. The molecule has 0 radical (unpaired) electrons. The van der Waals surface area contributed by atoms with E-state index in [1.54, 1.807) is 21.1 Å². The number of likely N-dealkylation sites (tertiary alicyclic amines) is 1. The summed E-state index contributed by atoms with van der Waals surface area (Å²) in [6.07, 6.45) is -0.928. The Balaban J connectivity index is 1.85. The van der Waals surface area contributed by atoms with Gasteiger partial charge in [-0.3, -0.25) is 5.32 Å². The number of methoxy groups -OCH3 is 2. The first-order chi connectivity index (χ1) is 14.5. The van der Waals surface area contributed by atoms with Crippen LogP contribution in [0.5, 0.6) is 11.5 Å². The smallest absolute Gasteiger partial charge is 0.497 e. The van der Waals surface area contributed by atoms with Gasteiger partial charge in [0.25, 0.3) is 0 Å². The van der Waals surface area contributed by atoms with Gasteiger partial charge in [0.15, 0.2) is 0 Å². The van der Waals surface area contributed by atoms with E-state index in [4.69, 9.17) is 18.9 Å². The summed E-state index contributed by atoms with van der Waals surface area (Å²) in [5.41, 5.74) is 2.18. The third-order valence-electron chi connectivity index (χ3n) is 5.24. The van der Waals surface area contributed by atoms with Gasteiger partial charge in [-0.1, -0.05) is 24.3 Å². The molecule has 2 aromatic carbocycles. The van der Waals surface area contributed by atoms with Crippen LogP contribution >= 0.6 is 0 Å². The van der Waals surface area contributed by atoms with Crippen LogP contribution in [0.3, 0.4) is 0 Å². The lowest BCUT2D eigenvalue weighted by Crippen LogP contribution is -2.43. The number of ether oxygens (including phenoxy) is 4. The first-order valence-corrected chi connectivity index (χ1v) is 10.1. The average molecular weight is 415 g/mol. The molecule has 2 unspecified atom stereocenters. The molecule has 0 aliphatic carbocycles. The normalized spacial score (nSPS) is 19.0. The molecule has 1 N–H and O–H groups in total. The van der Waals surface area contributed by atoms with Gasteiger partial charge in [0.05, 0.1) is 32.9 Å². The van der Waals surface area contributed by atoms with Crippen LogP contribution in [-0.2, 0) is 9.47 Å².